The molecule has 0 aliphatic rings. The van der Waals surface area contributed by atoms with Gasteiger partial charge in [0.25, 0.3) is 0 Å². The first-order chi connectivity index (χ1) is 8.70. The molecule has 0 bridgehead atoms. The molecule has 0 unspecified atom stereocenters. The second-order valence-electron chi connectivity index (χ2n) is 3.47. The molecule has 1 rings (SSSR count). The van der Waals surface area contributed by atoms with Crippen molar-refractivity contribution in [1.29, 1.82) is 0 Å². The first-order valence-corrected chi connectivity index (χ1v) is 5.58. The van der Waals surface area contributed by atoms with E-state index in [0.717, 1.165) is 0 Å². The van der Waals surface area contributed by atoms with Gasteiger partial charge in [0, 0.05) is 13.6 Å². The summed E-state index contributed by atoms with van der Waals surface area (Å²) in [5, 5.41) is 25.2. The molecule has 0 aliphatic heterocycles. The fraction of sp³-hybridized carbons (Fsp3) is 0.455. The number of nitro groups is 1. The SMILES string of the molecule is CNc1cccc(NCCOCCO)c1[N+](=O)[O-]. The molecule has 0 radical (unpaired) electrons. The number of rotatable bonds is 8. The molecule has 18 heavy (non-hydrogen) atoms. The normalized spacial score (nSPS) is 10.1. The van der Waals surface area contributed by atoms with Gasteiger partial charge in [-0.15, -0.1) is 0 Å². The summed E-state index contributed by atoms with van der Waals surface area (Å²) >= 11 is 0. The molecular formula is C11H17N3O4. The zero-order valence-corrected chi connectivity index (χ0v) is 10.2. The van der Waals surface area contributed by atoms with Crippen molar-refractivity contribution in [3.05, 3.63) is 28.3 Å². The number of aliphatic hydroxyl groups is 1. The number of benzene rings is 1. The maximum absolute atomic E-state index is 11.0. The van der Waals surface area contributed by atoms with Crippen LogP contribution in [0.5, 0.6) is 0 Å². The number of aliphatic hydroxyl groups excluding tert-OH is 1. The Hall–Kier alpha value is -1.86. The Labute approximate surface area is 105 Å². The molecule has 1 aromatic carbocycles. The van der Waals surface area contributed by atoms with Crippen molar-refractivity contribution in [2.24, 2.45) is 0 Å². The topological polar surface area (TPSA) is 96.7 Å². The van der Waals surface area contributed by atoms with Crippen LogP contribution in [0.3, 0.4) is 0 Å². The molecule has 0 heterocycles. The van der Waals surface area contributed by atoms with Crippen molar-refractivity contribution in [3.8, 4) is 0 Å². The van der Waals surface area contributed by atoms with Crippen LogP contribution < -0.4 is 10.6 Å². The Bertz CT molecular complexity index is 398. The molecular weight excluding hydrogens is 238 g/mol. The number of anilines is 2. The Kier molecular flexibility index (Phi) is 5.89. The predicted octanol–water partition coefficient (Wildman–Crippen LogP) is 1.06. The number of nitrogens with one attached hydrogen (secondary N) is 2. The van der Waals surface area contributed by atoms with E-state index < -0.39 is 4.92 Å². The van der Waals surface area contributed by atoms with Crippen LogP contribution in [-0.4, -0.2) is 43.4 Å². The van der Waals surface area contributed by atoms with Crippen molar-refractivity contribution in [2.75, 3.05) is 44.0 Å². The third kappa shape index (κ3) is 3.86. The van der Waals surface area contributed by atoms with Crippen LogP contribution in [0.4, 0.5) is 17.1 Å². The number of para-hydroxylation sites is 1. The number of ether oxygens (including phenoxy) is 1. The van der Waals surface area contributed by atoms with E-state index in [1.165, 1.54) is 0 Å². The van der Waals surface area contributed by atoms with E-state index in [-0.39, 0.29) is 18.9 Å². The molecule has 7 nitrogen and oxygen atoms in total. The predicted molar refractivity (Wildman–Crippen MR) is 69.0 cm³/mol. The standard InChI is InChI=1S/C11H17N3O4/c1-12-9-3-2-4-10(11(9)14(16)17)13-5-7-18-8-6-15/h2-4,12-13,15H,5-8H2,1H3. The molecule has 100 valence electrons. The van der Waals surface area contributed by atoms with Crippen LogP contribution in [0.15, 0.2) is 18.2 Å². The lowest BCUT2D eigenvalue weighted by Crippen LogP contribution is -2.12. The maximum atomic E-state index is 11.0. The monoisotopic (exact) mass is 255 g/mol. The fourth-order valence-electron chi connectivity index (χ4n) is 1.51. The summed E-state index contributed by atoms with van der Waals surface area (Å²) in [5.41, 5.74) is 0.919. The molecule has 0 saturated carbocycles. The summed E-state index contributed by atoms with van der Waals surface area (Å²) in [6.45, 7) is 1.05. The third-order valence-corrected chi connectivity index (χ3v) is 2.29. The van der Waals surface area contributed by atoms with Crippen molar-refractivity contribution in [3.63, 3.8) is 0 Å². The van der Waals surface area contributed by atoms with Crippen LogP contribution in [0.25, 0.3) is 0 Å². The van der Waals surface area contributed by atoms with Gasteiger partial charge in [0.15, 0.2) is 0 Å². The summed E-state index contributed by atoms with van der Waals surface area (Å²) in [5.74, 6) is 0. The van der Waals surface area contributed by atoms with E-state index in [4.69, 9.17) is 9.84 Å². The molecule has 0 amide bonds. The van der Waals surface area contributed by atoms with E-state index in [1.807, 2.05) is 0 Å². The highest BCUT2D eigenvalue weighted by Gasteiger charge is 2.18. The smallest absolute Gasteiger partial charge is 0.315 e. The minimum atomic E-state index is -0.428. The van der Waals surface area contributed by atoms with Gasteiger partial charge in [-0.1, -0.05) is 6.07 Å². The summed E-state index contributed by atoms with van der Waals surface area (Å²) in [6, 6.07) is 5.02. The average Bonchev–Trinajstić information content (AvgIpc) is 2.37. The zero-order chi connectivity index (χ0) is 13.4. The van der Waals surface area contributed by atoms with Crippen LogP contribution in [-0.2, 0) is 4.74 Å². The molecule has 0 aromatic heterocycles. The van der Waals surface area contributed by atoms with Gasteiger partial charge in [0.1, 0.15) is 11.4 Å². The third-order valence-electron chi connectivity index (χ3n) is 2.29. The van der Waals surface area contributed by atoms with E-state index in [9.17, 15) is 10.1 Å². The highest BCUT2D eigenvalue weighted by atomic mass is 16.6. The van der Waals surface area contributed by atoms with E-state index >= 15 is 0 Å². The Balaban J connectivity index is 2.67. The number of nitrogens with zero attached hydrogens (tertiary/aromatic N) is 1. The van der Waals surface area contributed by atoms with Gasteiger partial charge in [0.2, 0.25) is 0 Å². The van der Waals surface area contributed by atoms with Crippen molar-refractivity contribution in [1.82, 2.24) is 0 Å². The van der Waals surface area contributed by atoms with Gasteiger partial charge in [-0.25, -0.2) is 0 Å². The van der Waals surface area contributed by atoms with Crippen LogP contribution in [0, 0.1) is 10.1 Å². The quantitative estimate of drug-likeness (QED) is 0.365. The lowest BCUT2D eigenvalue weighted by Gasteiger charge is -2.09. The summed E-state index contributed by atoms with van der Waals surface area (Å²) < 4.78 is 5.06. The molecule has 3 N–H and O–H groups in total. The second-order valence-corrected chi connectivity index (χ2v) is 3.47. The van der Waals surface area contributed by atoms with E-state index in [1.54, 1.807) is 25.2 Å². The minimum Gasteiger partial charge on any atom is -0.394 e. The molecule has 1 aromatic rings. The van der Waals surface area contributed by atoms with E-state index in [2.05, 4.69) is 10.6 Å². The Morgan fingerprint density at radius 1 is 1.39 bits per heavy atom. The second kappa shape index (κ2) is 7.46. The van der Waals surface area contributed by atoms with Crippen LogP contribution in [0.1, 0.15) is 0 Å². The summed E-state index contributed by atoms with van der Waals surface area (Å²) in [4.78, 5) is 10.6. The molecule has 7 heteroatoms. The Morgan fingerprint density at radius 3 is 2.72 bits per heavy atom. The van der Waals surface area contributed by atoms with Gasteiger partial charge in [-0.2, -0.15) is 0 Å². The number of hydrogen-bond donors (Lipinski definition) is 3. The zero-order valence-electron chi connectivity index (χ0n) is 10.2. The van der Waals surface area contributed by atoms with Gasteiger partial charge in [0.05, 0.1) is 24.7 Å². The number of hydrogen-bond acceptors (Lipinski definition) is 6. The molecule has 0 aliphatic carbocycles. The van der Waals surface area contributed by atoms with Crippen LogP contribution in [0.2, 0.25) is 0 Å². The Morgan fingerprint density at radius 2 is 2.11 bits per heavy atom. The average molecular weight is 255 g/mol. The molecule has 0 fully saturated rings. The molecule has 0 saturated heterocycles. The molecule has 0 spiro atoms. The van der Waals surface area contributed by atoms with E-state index in [0.29, 0.717) is 24.5 Å². The van der Waals surface area contributed by atoms with Crippen molar-refractivity contribution >= 4 is 17.1 Å². The summed E-state index contributed by atoms with van der Waals surface area (Å²) in [7, 11) is 1.64. The van der Waals surface area contributed by atoms with Crippen molar-refractivity contribution < 1.29 is 14.8 Å². The highest BCUT2D eigenvalue weighted by molar-refractivity contribution is 5.75. The number of nitro benzene ring substituents is 1. The molecule has 0 atom stereocenters. The first-order valence-electron chi connectivity index (χ1n) is 5.58. The van der Waals surface area contributed by atoms with Crippen LogP contribution >= 0.6 is 0 Å². The van der Waals surface area contributed by atoms with Gasteiger partial charge in [-0.3, -0.25) is 10.1 Å². The first kappa shape index (κ1) is 14.2. The van der Waals surface area contributed by atoms with Gasteiger partial charge >= 0.3 is 5.69 Å². The minimum absolute atomic E-state index is 0.0159. The maximum Gasteiger partial charge on any atom is 0.315 e. The van der Waals surface area contributed by atoms with Crippen molar-refractivity contribution in [2.45, 2.75) is 0 Å². The lowest BCUT2D eigenvalue weighted by atomic mass is 10.2. The highest BCUT2D eigenvalue weighted by Crippen LogP contribution is 2.32. The van der Waals surface area contributed by atoms with Gasteiger partial charge in [-0.05, 0) is 12.1 Å². The summed E-state index contributed by atoms with van der Waals surface area (Å²) in [6.07, 6.45) is 0. The lowest BCUT2D eigenvalue weighted by molar-refractivity contribution is -0.383. The largest absolute Gasteiger partial charge is 0.394 e. The fourth-order valence-corrected chi connectivity index (χ4v) is 1.51. The van der Waals surface area contributed by atoms with Gasteiger partial charge < -0.3 is 20.5 Å².